The number of hydrogen-bond acceptors (Lipinski definition) is 5. The number of rotatable bonds is 4. The molecule has 3 rings (SSSR count). The van der Waals surface area contributed by atoms with E-state index in [1.807, 2.05) is 29.9 Å². The normalized spacial score (nSPS) is 17.9. The van der Waals surface area contributed by atoms with Crippen LogP contribution in [0.4, 0.5) is 0 Å². The minimum Gasteiger partial charge on any atom is -0.481 e. The molecule has 2 aromatic heterocycles. The van der Waals surface area contributed by atoms with Crippen molar-refractivity contribution in [2.24, 2.45) is 0 Å². The van der Waals surface area contributed by atoms with Gasteiger partial charge in [-0.3, -0.25) is 14.2 Å². The van der Waals surface area contributed by atoms with Crippen LogP contribution in [-0.2, 0) is 9.53 Å². The van der Waals surface area contributed by atoms with E-state index >= 15 is 0 Å². The molecule has 0 radical (unpaired) electrons. The van der Waals surface area contributed by atoms with E-state index in [0.717, 1.165) is 16.5 Å². The molecule has 3 heterocycles. The van der Waals surface area contributed by atoms with Crippen molar-refractivity contribution in [2.45, 2.75) is 26.4 Å². The average Bonchev–Trinajstić information content (AvgIpc) is 3.14. The van der Waals surface area contributed by atoms with Crippen molar-refractivity contribution in [3.8, 4) is 5.13 Å². The summed E-state index contributed by atoms with van der Waals surface area (Å²) in [6, 6.07) is 1.86. The summed E-state index contributed by atoms with van der Waals surface area (Å²) >= 11 is 1.51. The van der Waals surface area contributed by atoms with E-state index in [1.165, 1.54) is 11.3 Å². The molecule has 1 fully saturated rings. The van der Waals surface area contributed by atoms with Crippen LogP contribution in [0.25, 0.3) is 5.13 Å². The lowest BCUT2D eigenvalue weighted by molar-refractivity contribution is -0.141. The Morgan fingerprint density at radius 2 is 2.25 bits per heavy atom. The summed E-state index contributed by atoms with van der Waals surface area (Å²) in [5.74, 6) is -1.01. The van der Waals surface area contributed by atoms with Crippen LogP contribution in [0.2, 0.25) is 0 Å². The number of ether oxygens (including phenoxy) is 1. The van der Waals surface area contributed by atoms with E-state index in [0.29, 0.717) is 25.3 Å². The first-order valence-electron chi connectivity index (χ1n) is 7.69. The third-order valence-corrected chi connectivity index (χ3v) is 4.86. The summed E-state index contributed by atoms with van der Waals surface area (Å²) in [6.07, 6.45) is 1.18. The fraction of sp³-hybridized carbons (Fsp3) is 0.438. The second-order valence-corrected chi connectivity index (χ2v) is 6.65. The Balaban J connectivity index is 1.83. The van der Waals surface area contributed by atoms with E-state index in [4.69, 9.17) is 9.84 Å². The number of hydrogen-bond donors (Lipinski definition) is 1. The average molecular weight is 349 g/mol. The van der Waals surface area contributed by atoms with Crippen molar-refractivity contribution in [2.75, 3.05) is 19.7 Å². The van der Waals surface area contributed by atoms with Gasteiger partial charge < -0.3 is 14.7 Å². The number of thiazole rings is 1. The minimum absolute atomic E-state index is 0.0930. The van der Waals surface area contributed by atoms with Crippen LogP contribution in [0.1, 0.15) is 28.2 Å². The van der Waals surface area contributed by atoms with Gasteiger partial charge in [-0.05, 0) is 19.9 Å². The highest BCUT2D eigenvalue weighted by Gasteiger charge is 2.28. The lowest BCUT2D eigenvalue weighted by Crippen LogP contribution is -2.46. The fourth-order valence-corrected chi connectivity index (χ4v) is 3.74. The summed E-state index contributed by atoms with van der Waals surface area (Å²) in [5, 5.41) is 11.6. The highest BCUT2D eigenvalue weighted by molar-refractivity contribution is 7.12. The van der Waals surface area contributed by atoms with Gasteiger partial charge >= 0.3 is 5.97 Å². The van der Waals surface area contributed by atoms with E-state index in [1.54, 1.807) is 11.1 Å². The lowest BCUT2D eigenvalue weighted by Gasteiger charge is -2.32. The zero-order chi connectivity index (χ0) is 17.3. The number of nitrogens with zero attached hydrogens (tertiary/aromatic N) is 3. The van der Waals surface area contributed by atoms with Gasteiger partial charge in [0, 0.05) is 36.1 Å². The summed E-state index contributed by atoms with van der Waals surface area (Å²) in [6.45, 7) is 4.96. The maximum atomic E-state index is 12.9. The number of carbonyl (C=O) groups is 2. The number of aromatic nitrogens is 2. The Morgan fingerprint density at radius 3 is 2.92 bits per heavy atom. The second kappa shape index (κ2) is 6.74. The van der Waals surface area contributed by atoms with Gasteiger partial charge in [-0.1, -0.05) is 0 Å². The van der Waals surface area contributed by atoms with Crippen molar-refractivity contribution in [1.82, 2.24) is 14.5 Å². The maximum Gasteiger partial charge on any atom is 0.306 e. The van der Waals surface area contributed by atoms with Gasteiger partial charge in [0.05, 0.1) is 24.7 Å². The van der Waals surface area contributed by atoms with Gasteiger partial charge in [0.2, 0.25) is 0 Å². The summed E-state index contributed by atoms with van der Waals surface area (Å²) in [5.41, 5.74) is 2.41. The van der Waals surface area contributed by atoms with Crippen molar-refractivity contribution >= 4 is 23.2 Å². The summed E-state index contributed by atoms with van der Waals surface area (Å²) < 4.78 is 7.40. The largest absolute Gasteiger partial charge is 0.481 e. The highest BCUT2D eigenvalue weighted by Crippen LogP contribution is 2.24. The molecule has 0 aliphatic carbocycles. The van der Waals surface area contributed by atoms with Crippen molar-refractivity contribution < 1.29 is 19.4 Å². The third-order valence-electron chi connectivity index (χ3n) is 4.10. The molecule has 0 spiro atoms. The molecule has 0 aromatic carbocycles. The SMILES string of the molecule is Cc1cc(C(=O)N2CCO[C@H](CC(=O)O)C2)c(C)n1-c1nccs1. The number of aliphatic carboxylic acids is 1. The Labute approximate surface area is 143 Å². The molecule has 24 heavy (non-hydrogen) atoms. The molecule has 1 atom stereocenters. The zero-order valence-electron chi connectivity index (χ0n) is 13.6. The lowest BCUT2D eigenvalue weighted by atomic mass is 10.1. The maximum absolute atomic E-state index is 12.9. The number of morpholine rings is 1. The first-order chi connectivity index (χ1) is 11.5. The molecule has 0 unspecified atom stereocenters. The molecule has 8 heteroatoms. The molecular formula is C16H19N3O4S. The zero-order valence-corrected chi connectivity index (χ0v) is 14.4. The predicted octanol–water partition coefficient (Wildman–Crippen LogP) is 1.87. The van der Waals surface area contributed by atoms with Crippen LogP contribution in [-0.4, -0.2) is 57.2 Å². The van der Waals surface area contributed by atoms with Crippen LogP contribution in [0.15, 0.2) is 17.6 Å². The van der Waals surface area contributed by atoms with Crippen molar-refractivity contribution in [1.29, 1.82) is 0 Å². The van der Waals surface area contributed by atoms with Gasteiger partial charge in [-0.2, -0.15) is 0 Å². The quantitative estimate of drug-likeness (QED) is 0.911. The van der Waals surface area contributed by atoms with Crippen LogP contribution in [0.3, 0.4) is 0 Å². The molecule has 2 aromatic rings. The van der Waals surface area contributed by atoms with E-state index < -0.39 is 12.1 Å². The van der Waals surface area contributed by atoms with Crippen LogP contribution < -0.4 is 0 Å². The number of carboxylic acids is 1. The number of carboxylic acid groups (broad SMARTS) is 1. The highest BCUT2D eigenvalue weighted by atomic mass is 32.1. The van der Waals surface area contributed by atoms with E-state index in [2.05, 4.69) is 4.98 Å². The van der Waals surface area contributed by atoms with Gasteiger partial charge in [-0.15, -0.1) is 11.3 Å². The van der Waals surface area contributed by atoms with Crippen molar-refractivity contribution in [3.05, 3.63) is 34.6 Å². The molecule has 1 amide bonds. The van der Waals surface area contributed by atoms with Gasteiger partial charge in [0.1, 0.15) is 0 Å². The number of carbonyl (C=O) groups excluding carboxylic acids is 1. The van der Waals surface area contributed by atoms with Gasteiger partial charge in [-0.25, -0.2) is 4.98 Å². The summed E-state index contributed by atoms with van der Waals surface area (Å²) in [4.78, 5) is 29.7. The fourth-order valence-electron chi connectivity index (χ4n) is 2.99. The Bertz CT molecular complexity index is 754. The Kier molecular flexibility index (Phi) is 4.68. The van der Waals surface area contributed by atoms with Gasteiger partial charge in [0.25, 0.3) is 5.91 Å². The molecule has 0 saturated carbocycles. The topological polar surface area (TPSA) is 84.7 Å². The smallest absolute Gasteiger partial charge is 0.306 e. The van der Waals surface area contributed by atoms with Crippen LogP contribution in [0.5, 0.6) is 0 Å². The second-order valence-electron chi connectivity index (χ2n) is 5.78. The van der Waals surface area contributed by atoms with E-state index in [-0.39, 0.29) is 12.3 Å². The first-order valence-corrected chi connectivity index (χ1v) is 8.57. The minimum atomic E-state index is -0.920. The molecule has 128 valence electrons. The molecule has 1 N–H and O–H groups in total. The monoisotopic (exact) mass is 349 g/mol. The first kappa shape index (κ1) is 16.7. The molecule has 0 bridgehead atoms. The van der Waals surface area contributed by atoms with Gasteiger partial charge in [0.15, 0.2) is 5.13 Å². The molecule has 1 aliphatic rings. The predicted molar refractivity (Wildman–Crippen MR) is 88.8 cm³/mol. The standard InChI is InChI=1S/C16H19N3O4S/c1-10-7-13(11(2)19(10)16-17-3-6-24-16)15(22)18-4-5-23-12(9-18)8-14(20)21/h3,6-7,12H,4-5,8-9H2,1-2H3,(H,20,21)/t12-/m1/s1. The van der Waals surface area contributed by atoms with Crippen molar-refractivity contribution in [3.63, 3.8) is 0 Å². The third kappa shape index (κ3) is 3.20. The Morgan fingerprint density at radius 1 is 1.46 bits per heavy atom. The summed E-state index contributed by atoms with van der Waals surface area (Å²) in [7, 11) is 0. The molecule has 7 nitrogen and oxygen atoms in total. The van der Waals surface area contributed by atoms with Crippen LogP contribution in [0, 0.1) is 13.8 Å². The number of aryl methyl sites for hydroxylation is 1. The molecule has 1 saturated heterocycles. The Hall–Kier alpha value is -2.19. The van der Waals surface area contributed by atoms with E-state index in [9.17, 15) is 9.59 Å². The molecule has 1 aliphatic heterocycles. The molecular weight excluding hydrogens is 330 g/mol. The van der Waals surface area contributed by atoms with Crippen LogP contribution >= 0.6 is 11.3 Å². The number of amides is 1.